The predicted octanol–water partition coefficient (Wildman–Crippen LogP) is 4.44. The molecule has 3 aromatic rings. The van der Waals surface area contributed by atoms with Crippen LogP contribution < -0.4 is 5.32 Å². The summed E-state index contributed by atoms with van der Waals surface area (Å²) in [4.78, 5) is 42.3. The molecule has 5 rings (SSSR count). The molecule has 0 bridgehead atoms. The quantitative estimate of drug-likeness (QED) is 0.495. The van der Waals surface area contributed by atoms with Crippen molar-refractivity contribution in [1.82, 2.24) is 10.2 Å². The minimum absolute atomic E-state index is 0.0401. The largest absolute Gasteiger partial charge is 0.340 e. The molecule has 0 radical (unpaired) electrons. The van der Waals surface area contributed by atoms with Gasteiger partial charge in [-0.3, -0.25) is 14.4 Å². The summed E-state index contributed by atoms with van der Waals surface area (Å²) < 4.78 is 0. The van der Waals surface area contributed by atoms with E-state index in [-0.39, 0.29) is 17.6 Å². The van der Waals surface area contributed by atoms with Crippen molar-refractivity contribution in [3.63, 3.8) is 0 Å². The Morgan fingerprint density at radius 1 is 1.06 bits per heavy atom. The second-order valence-electron chi connectivity index (χ2n) is 8.33. The van der Waals surface area contributed by atoms with Gasteiger partial charge in [-0.15, -0.1) is 11.3 Å². The molecule has 0 fully saturated rings. The molecular formula is C26H24N2O3S. The van der Waals surface area contributed by atoms with Crippen LogP contribution in [0.25, 0.3) is 11.1 Å². The van der Waals surface area contributed by atoms with Crippen molar-refractivity contribution in [2.24, 2.45) is 0 Å². The normalized spacial score (nSPS) is 15.0. The van der Waals surface area contributed by atoms with Crippen molar-refractivity contribution < 1.29 is 14.4 Å². The molecular weight excluding hydrogens is 420 g/mol. The van der Waals surface area contributed by atoms with Crippen LogP contribution in [0.3, 0.4) is 0 Å². The van der Waals surface area contributed by atoms with E-state index in [1.165, 1.54) is 10.4 Å². The van der Waals surface area contributed by atoms with E-state index in [0.717, 1.165) is 24.0 Å². The van der Waals surface area contributed by atoms with Crippen molar-refractivity contribution in [2.75, 3.05) is 6.54 Å². The second kappa shape index (κ2) is 8.36. The SMILES string of the molecule is CCCC(NC(=O)c1ccc2c(c1)C(=O)c1ccccc1-2)C(=O)N1CCc2sccc2C1. The average molecular weight is 445 g/mol. The van der Waals surface area contributed by atoms with E-state index in [9.17, 15) is 14.4 Å². The molecule has 1 unspecified atom stereocenters. The number of hydrogen-bond acceptors (Lipinski definition) is 4. The molecule has 2 heterocycles. The molecule has 1 aromatic heterocycles. The zero-order chi connectivity index (χ0) is 22.2. The Balaban J connectivity index is 1.34. The maximum Gasteiger partial charge on any atom is 0.251 e. The van der Waals surface area contributed by atoms with Gasteiger partial charge in [-0.25, -0.2) is 0 Å². The van der Waals surface area contributed by atoms with E-state index in [1.807, 2.05) is 42.2 Å². The molecule has 1 N–H and O–H groups in total. The number of nitrogens with one attached hydrogen (secondary N) is 1. The molecule has 32 heavy (non-hydrogen) atoms. The van der Waals surface area contributed by atoms with Gasteiger partial charge in [0.1, 0.15) is 6.04 Å². The van der Waals surface area contributed by atoms with Crippen LogP contribution in [0.5, 0.6) is 0 Å². The van der Waals surface area contributed by atoms with Gasteiger partial charge in [-0.05, 0) is 53.1 Å². The number of rotatable bonds is 5. The van der Waals surface area contributed by atoms with Crippen LogP contribution in [0.1, 0.15) is 56.5 Å². The molecule has 0 saturated heterocycles. The van der Waals surface area contributed by atoms with E-state index >= 15 is 0 Å². The Morgan fingerprint density at radius 2 is 1.84 bits per heavy atom. The Hall–Kier alpha value is -3.25. The minimum Gasteiger partial charge on any atom is -0.340 e. The third-order valence-corrected chi connectivity index (χ3v) is 7.31. The molecule has 5 nitrogen and oxygen atoms in total. The van der Waals surface area contributed by atoms with Gasteiger partial charge in [0.15, 0.2) is 5.78 Å². The van der Waals surface area contributed by atoms with Crippen LogP contribution in [0.2, 0.25) is 0 Å². The van der Waals surface area contributed by atoms with Gasteiger partial charge < -0.3 is 10.2 Å². The Kier molecular flexibility index (Phi) is 5.39. The van der Waals surface area contributed by atoms with Crippen molar-refractivity contribution in [3.05, 3.63) is 81.0 Å². The zero-order valence-electron chi connectivity index (χ0n) is 17.9. The number of benzene rings is 2. The number of nitrogens with zero attached hydrogens (tertiary/aromatic N) is 1. The van der Waals surface area contributed by atoms with E-state index in [0.29, 0.717) is 36.2 Å². The maximum absolute atomic E-state index is 13.2. The van der Waals surface area contributed by atoms with Gasteiger partial charge in [0.2, 0.25) is 5.91 Å². The number of fused-ring (bicyclic) bond motifs is 4. The van der Waals surface area contributed by atoms with E-state index in [4.69, 9.17) is 0 Å². The maximum atomic E-state index is 13.2. The van der Waals surface area contributed by atoms with Crippen LogP contribution in [0, 0.1) is 0 Å². The van der Waals surface area contributed by atoms with Crippen LogP contribution in [0.15, 0.2) is 53.9 Å². The Labute approximate surface area is 191 Å². The van der Waals surface area contributed by atoms with Crippen LogP contribution in [-0.2, 0) is 17.8 Å². The smallest absolute Gasteiger partial charge is 0.251 e. The first-order valence-electron chi connectivity index (χ1n) is 11.0. The summed E-state index contributed by atoms with van der Waals surface area (Å²) in [6, 6.07) is 14.2. The molecule has 2 amide bonds. The summed E-state index contributed by atoms with van der Waals surface area (Å²) >= 11 is 1.74. The number of amides is 2. The highest BCUT2D eigenvalue weighted by molar-refractivity contribution is 7.10. The number of ketones is 1. The monoisotopic (exact) mass is 444 g/mol. The standard InChI is InChI=1S/C26H24N2O3S/c1-2-5-22(26(31)28-12-10-23-17(15-28)11-13-32-23)27-25(30)16-8-9-19-18-6-3-4-7-20(18)24(29)21(19)14-16/h3-4,6-9,11,13-14,22H,2,5,10,12,15H2,1H3,(H,27,30). The van der Waals surface area contributed by atoms with E-state index in [1.54, 1.807) is 23.5 Å². The fourth-order valence-corrected chi connectivity index (χ4v) is 5.50. The second-order valence-corrected chi connectivity index (χ2v) is 9.33. The number of thiophene rings is 1. The van der Waals surface area contributed by atoms with Crippen LogP contribution in [-0.4, -0.2) is 35.1 Å². The van der Waals surface area contributed by atoms with Gasteiger partial charge >= 0.3 is 0 Å². The summed E-state index contributed by atoms with van der Waals surface area (Å²) in [5.74, 6) is -0.426. The molecule has 2 aromatic carbocycles. The predicted molar refractivity (Wildman–Crippen MR) is 125 cm³/mol. The zero-order valence-corrected chi connectivity index (χ0v) is 18.7. The fraction of sp³-hybridized carbons (Fsp3) is 0.269. The lowest BCUT2D eigenvalue weighted by atomic mass is 10.0. The van der Waals surface area contributed by atoms with Gasteiger partial charge in [0.25, 0.3) is 5.91 Å². The number of hydrogen-bond donors (Lipinski definition) is 1. The first kappa shape index (κ1) is 20.6. The summed E-state index contributed by atoms with van der Waals surface area (Å²) in [7, 11) is 0. The van der Waals surface area contributed by atoms with E-state index in [2.05, 4.69) is 16.8 Å². The average Bonchev–Trinajstić information content (AvgIpc) is 3.40. The highest BCUT2D eigenvalue weighted by Crippen LogP contribution is 2.36. The summed E-state index contributed by atoms with van der Waals surface area (Å²) in [5, 5.41) is 5.00. The third kappa shape index (κ3) is 3.54. The molecule has 162 valence electrons. The number of carbonyl (C=O) groups excluding carboxylic acids is 3. The molecule has 1 atom stereocenters. The summed E-state index contributed by atoms with van der Waals surface area (Å²) in [5.41, 5.74) is 4.56. The summed E-state index contributed by atoms with van der Waals surface area (Å²) in [6.07, 6.45) is 2.22. The highest BCUT2D eigenvalue weighted by Gasteiger charge is 2.30. The first-order valence-corrected chi connectivity index (χ1v) is 11.9. The molecule has 0 spiro atoms. The van der Waals surface area contributed by atoms with Crippen LogP contribution >= 0.6 is 11.3 Å². The molecule has 6 heteroatoms. The molecule has 2 aliphatic rings. The van der Waals surface area contributed by atoms with Crippen molar-refractivity contribution in [1.29, 1.82) is 0 Å². The third-order valence-electron chi connectivity index (χ3n) is 6.29. The first-order chi connectivity index (χ1) is 15.6. The summed E-state index contributed by atoms with van der Waals surface area (Å²) in [6.45, 7) is 3.28. The lowest BCUT2D eigenvalue weighted by molar-refractivity contribution is -0.134. The lowest BCUT2D eigenvalue weighted by Crippen LogP contribution is -2.49. The fourth-order valence-electron chi connectivity index (χ4n) is 4.61. The van der Waals surface area contributed by atoms with Crippen molar-refractivity contribution in [3.8, 4) is 11.1 Å². The molecule has 0 saturated carbocycles. The van der Waals surface area contributed by atoms with Crippen molar-refractivity contribution in [2.45, 2.75) is 38.8 Å². The molecule has 1 aliphatic heterocycles. The van der Waals surface area contributed by atoms with Gasteiger partial charge in [-0.1, -0.05) is 43.7 Å². The van der Waals surface area contributed by atoms with Gasteiger partial charge in [0, 0.05) is 34.7 Å². The minimum atomic E-state index is -0.575. The number of carbonyl (C=O) groups is 3. The molecule has 1 aliphatic carbocycles. The van der Waals surface area contributed by atoms with Gasteiger partial charge in [0.05, 0.1) is 0 Å². The Morgan fingerprint density at radius 3 is 2.66 bits per heavy atom. The van der Waals surface area contributed by atoms with E-state index < -0.39 is 6.04 Å². The van der Waals surface area contributed by atoms with Crippen molar-refractivity contribution >= 4 is 28.9 Å². The topological polar surface area (TPSA) is 66.5 Å². The Bertz CT molecular complexity index is 1230. The van der Waals surface area contributed by atoms with Crippen LogP contribution in [0.4, 0.5) is 0 Å². The lowest BCUT2D eigenvalue weighted by Gasteiger charge is -2.31. The highest BCUT2D eigenvalue weighted by atomic mass is 32.1. The van der Waals surface area contributed by atoms with Gasteiger partial charge in [-0.2, -0.15) is 0 Å².